The van der Waals surface area contributed by atoms with Gasteiger partial charge in [-0.1, -0.05) is 116 Å². The van der Waals surface area contributed by atoms with Crippen LogP contribution in [0, 0.1) is 0 Å². The average molecular weight is 744 g/mol. The Morgan fingerprint density at radius 2 is 1.45 bits per heavy atom. The monoisotopic (exact) mass is 743 g/mol. The molecule has 1 heterocycles. The van der Waals surface area contributed by atoms with E-state index in [1.807, 2.05) is 36.4 Å². The lowest BCUT2D eigenvalue weighted by atomic mass is 9.98. The molecule has 4 N–H and O–H groups in total. The second-order valence-corrected chi connectivity index (χ2v) is 14.6. The molecule has 0 unspecified atom stereocenters. The lowest BCUT2D eigenvalue weighted by Crippen LogP contribution is -2.38. The van der Waals surface area contributed by atoms with Gasteiger partial charge in [0.05, 0.1) is 18.8 Å². The number of unbranched alkanes of at least 4 members (excludes halogenated alkanes) is 3. The van der Waals surface area contributed by atoms with Gasteiger partial charge in [0.15, 0.2) is 6.29 Å². The Kier molecular flexibility index (Phi) is 14.2. The van der Waals surface area contributed by atoms with Gasteiger partial charge in [0.1, 0.15) is 0 Å². The molecule has 0 radical (unpaired) electrons. The number of hydrogen-bond acceptors (Lipinski definition) is 7. The highest BCUT2D eigenvalue weighted by Gasteiger charge is 2.33. The van der Waals surface area contributed by atoms with Crippen LogP contribution in [0.25, 0.3) is 21.9 Å². The first-order valence-electron chi connectivity index (χ1n) is 19.4. The lowest BCUT2D eigenvalue weighted by molar-refractivity contribution is -0.253. The molecule has 0 aliphatic carbocycles. The maximum atomic E-state index is 12.5. The molecule has 0 spiro atoms. The molecule has 1 aliphatic heterocycles. The molecule has 5 aromatic carbocycles. The number of carbonyl (C=O) groups excluding carboxylic acids is 2. The van der Waals surface area contributed by atoms with Gasteiger partial charge in [0.25, 0.3) is 0 Å². The van der Waals surface area contributed by atoms with E-state index >= 15 is 0 Å². The van der Waals surface area contributed by atoms with Crippen LogP contribution >= 0.6 is 0 Å². The minimum Gasteiger partial charge on any atom is -0.392 e. The van der Waals surface area contributed by atoms with Crippen molar-refractivity contribution >= 4 is 22.6 Å². The van der Waals surface area contributed by atoms with Crippen molar-refractivity contribution in [3.63, 3.8) is 0 Å². The summed E-state index contributed by atoms with van der Waals surface area (Å²) < 4.78 is 13.4. The minimum atomic E-state index is -0.554. The van der Waals surface area contributed by atoms with Gasteiger partial charge < -0.3 is 19.9 Å². The molecular formula is C46H53N3O6. The Bertz CT molecular complexity index is 2000. The van der Waals surface area contributed by atoms with Gasteiger partial charge >= 0.3 is 0 Å². The maximum absolute atomic E-state index is 12.5. The number of benzene rings is 5. The lowest BCUT2D eigenvalue weighted by Gasteiger charge is -2.39. The van der Waals surface area contributed by atoms with E-state index in [4.69, 9.17) is 14.7 Å². The summed E-state index contributed by atoms with van der Waals surface area (Å²) in [7, 11) is 2.15. The molecule has 0 saturated carbocycles. The standard InChI is InChI=1S/C46H53N3O6/c1-32(39-25-22-35-11-7-8-12-41(35)27-39)49(2)30-42-28-43(37-18-16-33(31-50)17-19-37)55-46(54-42)38-23-20-36(21-24-38)40-13-9-10-34(26-40)29-47-44(51)14-5-3-4-6-15-45(52)48-53/h7-13,16-27,32,42-43,46,50,53H,3-6,14-15,28-31H2,1-2H3,(H,47,51)(H,48,52)/t32-,42+,43-,46-/m1/s1. The van der Waals surface area contributed by atoms with Crippen molar-refractivity contribution in [3.8, 4) is 11.1 Å². The molecule has 1 aliphatic rings. The fourth-order valence-corrected chi connectivity index (χ4v) is 7.20. The third-order valence-corrected chi connectivity index (χ3v) is 10.6. The average Bonchev–Trinajstić information content (AvgIpc) is 3.23. The molecule has 1 fully saturated rings. The fourth-order valence-electron chi connectivity index (χ4n) is 7.20. The highest BCUT2D eigenvalue weighted by molar-refractivity contribution is 5.83. The summed E-state index contributed by atoms with van der Waals surface area (Å²) in [5, 5.41) is 23.7. The molecule has 288 valence electrons. The molecule has 1 saturated heterocycles. The fraction of sp³-hybridized carbons (Fsp3) is 0.348. The molecule has 9 nitrogen and oxygen atoms in total. The van der Waals surface area contributed by atoms with Crippen LogP contribution in [-0.2, 0) is 32.2 Å². The molecular weight excluding hydrogens is 691 g/mol. The molecule has 4 atom stereocenters. The second kappa shape index (κ2) is 19.6. The Morgan fingerprint density at radius 1 is 0.745 bits per heavy atom. The SMILES string of the molecule is C[C@H](c1ccc2ccccc2c1)N(C)C[C@@H]1C[C@H](c2ccc(CO)cc2)O[C@H](c2ccc(-c3cccc(CNC(=O)CCCCCCC(=O)NO)c3)cc2)O1. The molecule has 6 rings (SSSR count). The van der Waals surface area contributed by atoms with Gasteiger partial charge in [-0.05, 0) is 83.1 Å². The highest BCUT2D eigenvalue weighted by atomic mass is 16.7. The van der Waals surface area contributed by atoms with Crippen molar-refractivity contribution in [2.24, 2.45) is 0 Å². The first-order chi connectivity index (χ1) is 26.8. The zero-order valence-electron chi connectivity index (χ0n) is 31.8. The number of hydroxylamine groups is 1. The van der Waals surface area contributed by atoms with E-state index in [9.17, 15) is 14.7 Å². The quantitative estimate of drug-likeness (QED) is 0.0427. The molecule has 2 amide bonds. The van der Waals surface area contributed by atoms with Crippen LogP contribution in [0.4, 0.5) is 0 Å². The van der Waals surface area contributed by atoms with E-state index in [2.05, 4.69) is 103 Å². The largest absolute Gasteiger partial charge is 0.392 e. The van der Waals surface area contributed by atoms with Gasteiger partial charge in [-0.3, -0.25) is 19.7 Å². The second-order valence-electron chi connectivity index (χ2n) is 14.6. The normalized spacial score (nSPS) is 17.6. The van der Waals surface area contributed by atoms with Gasteiger partial charge in [-0.2, -0.15) is 0 Å². The Morgan fingerprint density at radius 3 is 2.18 bits per heavy atom. The Balaban J connectivity index is 1.09. The topological polar surface area (TPSA) is 120 Å². The number of ether oxygens (including phenoxy) is 2. The van der Waals surface area contributed by atoms with Crippen molar-refractivity contribution in [1.82, 2.24) is 15.7 Å². The van der Waals surface area contributed by atoms with Crippen LogP contribution in [-0.4, -0.2) is 46.7 Å². The number of aliphatic hydroxyl groups is 1. The summed E-state index contributed by atoms with van der Waals surface area (Å²) in [5.41, 5.74) is 8.90. The van der Waals surface area contributed by atoms with Crippen molar-refractivity contribution in [2.75, 3.05) is 13.6 Å². The van der Waals surface area contributed by atoms with Crippen LogP contribution in [0.15, 0.2) is 115 Å². The number of fused-ring (bicyclic) bond motifs is 1. The summed E-state index contributed by atoms with van der Waals surface area (Å²) in [5.74, 6) is -0.374. The Hall–Kier alpha value is -4.90. The van der Waals surface area contributed by atoms with Crippen molar-refractivity contribution in [1.29, 1.82) is 0 Å². The molecule has 9 heteroatoms. The minimum absolute atomic E-state index is 0.000665. The maximum Gasteiger partial charge on any atom is 0.243 e. The highest BCUT2D eigenvalue weighted by Crippen LogP contribution is 2.39. The number of hydrogen-bond donors (Lipinski definition) is 4. The first kappa shape index (κ1) is 39.8. The zero-order chi connectivity index (χ0) is 38.6. The van der Waals surface area contributed by atoms with Crippen molar-refractivity contribution < 1.29 is 29.4 Å². The molecule has 0 aromatic heterocycles. The summed E-state index contributed by atoms with van der Waals surface area (Å²) in [6.45, 7) is 3.41. The number of likely N-dealkylation sites (N-methyl/N-ethyl adjacent to an activating group) is 1. The van der Waals surface area contributed by atoms with Gasteiger partial charge in [-0.15, -0.1) is 0 Å². The van der Waals surface area contributed by atoms with Gasteiger partial charge in [-0.25, -0.2) is 5.48 Å². The predicted molar refractivity (Wildman–Crippen MR) is 215 cm³/mol. The Labute approximate surface area is 324 Å². The van der Waals surface area contributed by atoms with Crippen LogP contribution < -0.4 is 10.8 Å². The number of nitrogens with one attached hydrogen (secondary N) is 2. The van der Waals surface area contributed by atoms with Crippen molar-refractivity contribution in [2.45, 2.75) is 89.6 Å². The smallest absolute Gasteiger partial charge is 0.243 e. The molecule has 55 heavy (non-hydrogen) atoms. The van der Waals surface area contributed by atoms with Crippen molar-refractivity contribution in [3.05, 3.63) is 143 Å². The predicted octanol–water partition coefficient (Wildman–Crippen LogP) is 8.70. The van der Waals surface area contributed by atoms with E-state index in [-0.39, 0.29) is 43.1 Å². The number of carbonyl (C=O) groups is 2. The van der Waals surface area contributed by atoms with Gasteiger partial charge in [0.2, 0.25) is 11.8 Å². The third-order valence-electron chi connectivity index (χ3n) is 10.6. The first-order valence-corrected chi connectivity index (χ1v) is 19.4. The number of rotatable bonds is 17. The summed E-state index contributed by atoms with van der Waals surface area (Å²) >= 11 is 0. The third kappa shape index (κ3) is 11.1. The van der Waals surface area contributed by atoms with Crippen LogP contribution in [0.3, 0.4) is 0 Å². The molecule has 0 bridgehead atoms. The van der Waals surface area contributed by atoms with E-state index in [0.29, 0.717) is 25.8 Å². The zero-order valence-corrected chi connectivity index (χ0v) is 31.8. The molecule has 5 aromatic rings. The number of aliphatic hydroxyl groups excluding tert-OH is 1. The van der Waals surface area contributed by atoms with Crippen LogP contribution in [0.1, 0.15) is 98.1 Å². The number of amides is 2. The number of nitrogens with zero attached hydrogens (tertiary/aromatic N) is 1. The van der Waals surface area contributed by atoms with E-state index < -0.39 is 6.29 Å². The summed E-state index contributed by atoms with van der Waals surface area (Å²) in [6, 6.07) is 39.8. The van der Waals surface area contributed by atoms with E-state index in [1.54, 1.807) is 5.48 Å². The van der Waals surface area contributed by atoms with Gasteiger partial charge in [0, 0.05) is 44.0 Å². The van der Waals surface area contributed by atoms with E-state index in [0.717, 1.165) is 59.2 Å². The van der Waals surface area contributed by atoms with E-state index in [1.165, 1.54) is 16.3 Å². The van der Waals surface area contributed by atoms with Crippen LogP contribution in [0.2, 0.25) is 0 Å². The summed E-state index contributed by atoms with van der Waals surface area (Å²) in [4.78, 5) is 25.9. The summed E-state index contributed by atoms with van der Waals surface area (Å²) in [6.07, 6.45) is 3.76. The van der Waals surface area contributed by atoms with Crippen LogP contribution in [0.5, 0.6) is 0 Å².